The molecule has 0 aliphatic heterocycles. The highest BCUT2D eigenvalue weighted by atomic mass is 14.9. The minimum atomic E-state index is 0.690. The van der Waals surface area contributed by atoms with Crippen molar-refractivity contribution in [2.24, 2.45) is 5.92 Å². The quantitative estimate of drug-likeness (QED) is 0.844. The molecule has 1 fully saturated rings. The summed E-state index contributed by atoms with van der Waals surface area (Å²) in [7, 11) is 0. The molecular weight excluding hydrogens is 196 g/mol. The molecule has 0 amide bonds. The summed E-state index contributed by atoms with van der Waals surface area (Å²) in [6, 6.07) is 2.98. The summed E-state index contributed by atoms with van der Waals surface area (Å²) < 4.78 is 0. The molecule has 0 saturated heterocycles. The molecule has 2 rings (SSSR count). The first-order valence-electron chi connectivity index (χ1n) is 6.37. The number of hydrogen-bond acceptors (Lipinski definition) is 2. The van der Waals surface area contributed by atoms with Crippen LogP contribution in [0.3, 0.4) is 0 Å². The van der Waals surface area contributed by atoms with Crippen molar-refractivity contribution in [3.05, 3.63) is 29.6 Å². The molecule has 3 atom stereocenters. The molecule has 1 aromatic rings. The Hall–Kier alpha value is -0.890. The van der Waals surface area contributed by atoms with Crippen molar-refractivity contribution in [2.45, 2.75) is 45.6 Å². The molecule has 0 spiro atoms. The van der Waals surface area contributed by atoms with E-state index in [-0.39, 0.29) is 0 Å². The van der Waals surface area contributed by atoms with E-state index < -0.39 is 0 Å². The molecule has 1 aromatic heterocycles. The normalized spacial score (nSPS) is 29.6. The molecule has 1 aliphatic carbocycles. The highest BCUT2D eigenvalue weighted by molar-refractivity contribution is 5.23. The van der Waals surface area contributed by atoms with Crippen molar-refractivity contribution in [3.8, 4) is 0 Å². The highest BCUT2D eigenvalue weighted by Crippen LogP contribution is 2.39. The lowest BCUT2D eigenvalue weighted by atomic mass is 9.89. The molecule has 2 nitrogen and oxygen atoms in total. The fraction of sp³-hybridized carbons (Fsp3) is 0.643. The van der Waals surface area contributed by atoms with E-state index in [1.165, 1.54) is 24.0 Å². The van der Waals surface area contributed by atoms with Crippen molar-refractivity contribution in [2.75, 3.05) is 6.54 Å². The average molecular weight is 218 g/mol. The van der Waals surface area contributed by atoms with Crippen molar-refractivity contribution < 1.29 is 0 Å². The second kappa shape index (κ2) is 4.96. The van der Waals surface area contributed by atoms with Gasteiger partial charge in [0.2, 0.25) is 0 Å². The Morgan fingerprint density at radius 2 is 2.19 bits per heavy atom. The third-order valence-corrected chi connectivity index (χ3v) is 3.85. The molecule has 1 saturated carbocycles. The first-order valence-corrected chi connectivity index (χ1v) is 6.37. The van der Waals surface area contributed by atoms with Crippen LogP contribution in [0.25, 0.3) is 0 Å². The van der Waals surface area contributed by atoms with Crippen LogP contribution in [-0.4, -0.2) is 17.6 Å². The van der Waals surface area contributed by atoms with Crippen LogP contribution in [0.4, 0.5) is 0 Å². The van der Waals surface area contributed by atoms with E-state index in [4.69, 9.17) is 0 Å². The molecule has 0 aromatic carbocycles. The van der Waals surface area contributed by atoms with Gasteiger partial charge in [-0.3, -0.25) is 4.98 Å². The van der Waals surface area contributed by atoms with Gasteiger partial charge in [0.05, 0.1) is 0 Å². The maximum atomic E-state index is 4.31. The smallest absolute Gasteiger partial charge is 0.0303 e. The largest absolute Gasteiger partial charge is 0.314 e. The molecule has 0 bridgehead atoms. The lowest BCUT2D eigenvalue weighted by Crippen LogP contribution is -2.32. The number of hydrogen-bond donors (Lipinski definition) is 1. The number of aromatic nitrogens is 1. The van der Waals surface area contributed by atoms with Gasteiger partial charge in [0.25, 0.3) is 0 Å². The van der Waals surface area contributed by atoms with Crippen LogP contribution in [0.1, 0.15) is 43.7 Å². The van der Waals surface area contributed by atoms with E-state index in [9.17, 15) is 0 Å². The maximum Gasteiger partial charge on any atom is 0.0303 e. The van der Waals surface area contributed by atoms with Crippen LogP contribution >= 0.6 is 0 Å². The number of pyridine rings is 1. The Labute approximate surface area is 98.5 Å². The summed E-state index contributed by atoms with van der Waals surface area (Å²) in [5.41, 5.74) is 2.70. The molecule has 1 N–H and O–H groups in total. The number of aryl methyl sites for hydroxylation is 1. The SMILES string of the molecule is CCNC1CCC(c2cncc(C)c2)C1C. The molecular formula is C14H22N2. The number of rotatable bonds is 3. The second-order valence-electron chi connectivity index (χ2n) is 5.00. The Kier molecular flexibility index (Phi) is 3.59. The lowest BCUT2D eigenvalue weighted by molar-refractivity contribution is 0.411. The number of nitrogens with one attached hydrogen (secondary N) is 1. The van der Waals surface area contributed by atoms with E-state index in [0.717, 1.165) is 12.5 Å². The Balaban J connectivity index is 2.12. The molecule has 88 valence electrons. The van der Waals surface area contributed by atoms with E-state index in [1.54, 1.807) is 0 Å². The Bertz CT molecular complexity index is 348. The van der Waals surface area contributed by atoms with Gasteiger partial charge in [0.1, 0.15) is 0 Å². The Morgan fingerprint density at radius 1 is 1.38 bits per heavy atom. The summed E-state index contributed by atoms with van der Waals surface area (Å²) in [4.78, 5) is 4.31. The summed E-state index contributed by atoms with van der Waals surface area (Å²) in [5, 5.41) is 3.59. The van der Waals surface area contributed by atoms with E-state index in [1.807, 2.05) is 12.4 Å². The van der Waals surface area contributed by atoms with E-state index >= 15 is 0 Å². The van der Waals surface area contributed by atoms with Gasteiger partial charge in [-0.25, -0.2) is 0 Å². The molecule has 1 heterocycles. The third-order valence-electron chi connectivity index (χ3n) is 3.85. The standard InChI is InChI=1S/C14H22N2/c1-4-16-14-6-5-13(11(14)3)12-7-10(2)8-15-9-12/h7-9,11,13-14,16H,4-6H2,1-3H3. The van der Waals surface area contributed by atoms with Gasteiger partial charge < -0.3 is 5.32 Å². The summed E-state index contributed by atoms with van der Waals surface area (Å²) >= 11 is 0. The van der Waals surface area contributed by atoms with E-state index in [0.29, 0.717) is 12.0 Å². The first kappa shape index (κ1) is 11.6. The van der Waals surface area contributed by atoms with Crippen molar-refractivity contribution >= 4 is 0 Å². The predicted octanol–water partition coefficient (Wildman–Crippen LogP) is 2.88. The van der Waals surface area contributed by atoms with Crippen molar-refractivity contribution in [3.63, 3.8) is 0 Å². The third kappa shape index (κ3) is 2.27. The van der Waals surface area contributed by atoms with Crippen LogP contribution < -0.4 is 5.32 Å². The zero-order chi connectivity index (χ0) is 11.5. The fourth-order valence-electron chi connectivity index (χ4n) is 2.97. The zero-order valence-electron chi connectivity index (χ0n) is 10.5. The van der Waals surface area contributed by atoms with Gasteiger partial charge in [0.15, 0.2) is 0 Å². The van der Waals surface area contributed by atoms with Gasteiger partial charge in [-0.05, 0) is 49.3 Å². The minimum Gasteiger partial charge on any atom is -0.314 e. The predicted molar refractivity (Wildman–Crippen MR) is 67.6 cm³/mol. The zero-order valence-corrected chi connectivity index (χ0v) is 10.5. The van der Waals surface area contributed by atoms with Crippen molar-refractivity contribution in [1.29, 1.82) is 0 Å². The van der Waals surface area contributed by atoms with Gasteiger partial charge in [-0.15, -0.1) is 0 Å². The lowest BCUT2D eigenvalue weighted by Gasteiger charge is -2.21. The summed E-state index contributed by atoms with van der Waals surface area (Å²) in [6.45, 7) is 7.76. The summed E-state index contributed by atoms with van der Waals surface area (Å²) in [5.74, 6) is 1.42. The molecule has 2 heteroatoms. The Morgan fingerprint density at radius 3 is 2.88 bits per heavy atom. The van der Waals surface area contributed by atoms with Gasteiger partial charge >= 0.3 is 0 Å². The topological polar surface area (TPSA) is 24.9 Å². The van der Waals surface area contributed by atoms with Gasteiger partial charge in [-0.2, -0.15) is 0 Å². The summed E-state index contributed by atoms with van der Waals surface area (Å²) in [6.07, 6.45) is 6.57. The van der Waals surface area contributed by atoms with Crippen LogP contribution in [0.2, 0.25) is 0 Å². The molecule has 16 heavy (non-hydrogen) atoms. The molecule has 3 unspecified atom stereocenters. The van der Waals surface area contributed by atoms with E-state index in [2.05, 4.69) is 37.1 Å². The van der Waals surface area contributed by atoms with Gasteiger partial charge in [-0.1, -0.05) is 19.9 Å². The molecule has 0 radical (unpaired) electrons. The van der Waals surface area contributed by atoms with Crippen molar-refractivity contribution in [1.82, 2.24) is 10.3 Å². The minimum absolute atomic E-state index is 0.690. The van der Waals surface area contributed by atoms with Crippen LogP contribution in [0, 0.1) is 12.8 Å². The second-order valence-corrected chi connectivity index (χ2v) is 5.00. The van der Waals surface area contributed by atoms with Crippen LogP contribution in [0.5, 0.6) is 0 Å². The average Bonchev–Trinajstić information content (AvgIpc) is 2.61. The fourth-order valence-corrected chi connectivity index (χ4v) is 2.97. The number of nitrogens with zero attached hydrogens (tertiary/aromatic N) is 1. The monoisotopic (exact) mass is 218 g/mol. The maximum absolute atomic E-state index is 4.31. The molecule has 1 aliphatic rings. The van der Waals surface area contributed by atoms with Gasteiger partial charge in [0, 0.05) is 18.4 Å². The van der Waals surface area contributed by atoms with Crippen LogP contribution in [0.15, 0.2) is 18.5 Å². The highest BCUT2D eigenvalue weighted by Gasteiger charge is 2.33. The first-order chi connectivity index (χ1) is 7.72. The van der Waals surface area contributed by atoms with Crippen LogP contribution in [-0.2, 0) is 0 Å².